The van der Waals surface area contributed by atoms with Crippen molar-refractivity contribution in [3.63, 3.8) is 0 Å². The van der Waals surface area contributed by atoms with Gasteiger partial charge >= 0.3 is 31.8 Å². The van der Waals surface area contributed by atoms with Gasteiger partial charge in [0.2, 0.25) is 0 Å². The van der Waals surface area contributed by atoms with Crippen molar-refractivity contribution < 1.29 is 48.5 Å². The second-order valence-electron chi connectivity index (χ2n) is 4.93. The maximum atomic E-state index is 12.2. The van der Waals surface area contributed by atoms with Gasteiger partial charge in [-0.25, -0.2) is 12.6 Å². The lowest BCUT2D eigenvalue weighted by molar-refractivity contribution is -0.145. The number of carbonyl (C=O) groups is 1. The van der Waals surface area contributed by atoms with Crippen LogP contribution in [0.2, 0.25) is 0 Å². The fourth-order valence-corrected chi connectivity index (χ4v) is 4.84. The van der Waals surface area contributed by atoms with Gasteiger partial charge in [-0.1, -0.05) is 4.13 Å². The first-order chi connectivity index (χ1) is 9.91. The number of carbonyl (C=O) groups excluding carboxylic acids is 1. The van der Waals surface area contributed by atoms with E-state index in [9.17, 15) is 34.8 Å². The van der Waals surface area contributed by atoms with Crippen LogP contribution in [-0.2, 0) is 38.8 Å². The fourth-order valence-electron chi connectivity index (χ4n) is 2.70. The second-order valence-corrected chi connectivity index (χ2v) is 8.17. The topological polar surface area (TPSA) is 125 Å². The molecule has 3 aliphatic heterocycles. The van der Waals surface area contributed by atoms with Gasteiger partial charge < -0.3 is 9.47 Å². The third-order valence-electron chi connectivity index (χ3n) is 3.54. The fraction of sp³-hybridized carbons (Fsp3) is 0.875. The lowest BCUT2D eigenvalue weighted by Gasteiger charge is -2.21. The van der Waals surface area contributed by atoms with E-state index in [0.717, 1.165) is 0 Å². The molecule has 5 atom stereocenters. The number of halogens is 3. The molecule has 0 aromatic rings. The molecular formula is C8H8F3NO8S2. The first-order valence-corrected chi connectivity index (χ1v) is 8.69. The van der Waals surface area contributed by atoms with E-state index in [1.165, 1.54) is 0 Å². The number of esters is 1. The van der Waals surface area contributed by atoms with E-state index < -0.39 is 62.1 Å². The Morgan fingerprint density at radius 2 is 1.82 bits per heavy atom. The number of hydrogen-bond donors (Lipinski definition) is 1. The van der Waals surface area contributed by atoms with Gasteiger partial charge in [0.15, 0.2) is 6.10 Å². The molecule has 3 fully saturated rings. The maximum Gasteiger partial charge on any atom is 0.512 e. The van der Waals surface area contributed by atoms with Crippen molar-refractivity contribution in [1.29, 1.82) is 0 Å². The lowest BCUT2D eigenvalue weighted by Crippen LogP contribution is -2.46. The summed E-state index contributed by atoms with van der Waals surface area (Å²) in [6.07, 6.45) is -4.02. The van der Waals surface area contributed by atoms with E-state index in [1.807, 2.05) is 0 Å². The quantitative estimate of drug-likeness (QED) is 0.612. The van der Waals surface area contributed by atoms with Gasteiger partial charge in [0.25, 0.3) is 0 Å². The van der Waals surface area contributed by atoms with Crippen LogP contribution in [0.15, 0.2) is 0 Å². The monoisotopic (exact) mass is 367 g/mol. The Balaban J connectivity index is 1.75. The second kappa shape index (κ2) is 4.53. The molecule has 0 saturated carbocycles. The summed E-state index contributed by atoms with van der Waals surface area (Å²) in [5, 5.41) is 0. The number of fused-ring (bicyclic) bond motifs is 1. The molecule has 1 N–H and O–H groups in total. The predicted molar refractivity (Wildman–Crippen MR) is 58.6 cm³/mol. The Labute approximate surface area is 122 Å². The molecule has 9 nitrogen and oxygen atoms in total. The maximum absolute atomic E-state index is 12.2. The van der Waals surface area contributed by atoms with Crippen LogP contribution in [0.4, 0.5) is 13.2 Å². The van der Waals surface area contributed by atoms with Crippen LogP contribution in [0.3, 0.4) is 0 Å². The largest absolute Gasteiger partial charge is 0.512 e. The molecule has 0 spiro atoms. The Morgan fingerprint density at radius 3 is 2.41 bits per heavy atom. The van der Waals surface area contributed by atoms with Gasteiger partial charge in [-0.15, -0.1) is 0 Å². The third-order valence-corrected chi connectivity index (χ3v) is 6.32. The number of alkyl halides is 3. The van der Waals surface area contributed by atoms with E-state index in [1.54, 1.807) is 0 Å². The molecule has 0 aromatic carbocycles. The molecule has 3 aliphatic rings. The van der Waals surface area contributed by atoms with E-state index in [4.69, 9.17) is 9.47 Å². The van der Waals surface area contributed by atoms with Crippen LogP contribution in [0.5, 0.6) is 0 Å². The number of ether oxygens (including phenoxy) is 2. The zero-order valence-corrected chi connectivity index (χ0v) is 11.9. The third kappa shape index (κ3) is 2.38. The minimum atomic E-state index is -6.15. The summed E-state index contributed by atoms with van der Waals surface area (Å²) in [6.45, 7) is 0. The highest BCUT2D eigenvalue weighted by Crippen LogP contribution is 2.47. The van der Waals surface area contributed by atoms with E-state index >= 15 is 0 Å². The van der Waals surface area contributed by atoms with E-state index in [0.29, 0.717) is 4.13 Å². The molecule has 2 bridgehead atoms. The highest BCUT2D eigenvalue weighted by atomic mass is 32.3. The van der Waals surface area contributed by atoms with Gasteiger partial charge in [0.1, 0.15) is 12.2 Å². The van der Waals surface area contributed by atoms with Crippen LogP contribution in [0.1, 0.15) is 6.42 Å². The minimum Gasteiger partial charge on any atom is -0.456 e. The number of rotatable bonds is 4. The molecule has 5 unspecified atom stereocenters. The normalized spacial score (nSPS) is 37.6. The molecule has 0 radical (unpaired) electrons. The first-order valence-electron chi connectivity index (χ1n) is 5.80. The highest BCUT2D eigenvalue weighted by molar-refractivity contribution is 8.03. The average Bonchev–Trinajstić information content (AvgIpc) is 2.90. The SMILES string of the molecule is O=C1OC2C(OS(=O)(=O)NS(=O)(=O)C(F)(F)F)C3CC1C2O3. The number of nitrogens with one attached hydrogen (secondary N) is 1. The van der Waals surface area contributed by atoms with Gasteiger partial charge in [-0.3, -0.25) is 4.79 Å². The summed E-state index contributed by atoms with van der Waals surface area (Å²) in [6, 6.07) is 0. The van der Waals surface area contributed by atoms with Crippen LogP contribution in [0.25, 0.3) is 0 Å². The van der Waals surface area contributed by atoms with Crippen LogP contribution >= 0.6 is 0 Å². The summed E-state index contributed by atoms with van der Waals surface area (Å²) >= 11 is 0. The Bertz CT molecular complexity index is 716. The molecule has 14 heteroatoms. The van der Waals surface area contributed by atoms with Crippen molar-refractivity contribution in [2.24, 2.45) is 5.92 Å². The minimum absolute atomic E-state index is 0.0895. The van der Waals surface area contributed by atoms with Gasteiger partial charge in [0, 0.05) is 0 Å². The van der Waals surface area contributed by atoms with Gasteiger partial charge in [-0.2, -0.15) is 21.6 Å². The van der Waals surface area contributed by atoms with Gasteiger partial charge in [-0.05, 0) is 6.42 Å². The van der Waals surface area contributed by atoms with Crippen LogP contribution in [0, 0.1) is 5.92 Å². The molecule has 0 aliphatic carbocycles. The lowest BCUT2D eigenvalue weighted by atomic mass is 9.88. The summed E-state index contributed by atoms with van der Waals surface area (Å²) < 4.78 is 96.0. The highest BCUT2D eigenvalue weighted by Gasteiger charge is 2.65. The first kappa shape index (κ1) is 15.9. The molecule has 0 aromatic heterocycles. The average molecular weight is 367 g/mol. The molecule has 3 rings (SSSR count). The Morgan fingerprint density at radius 1 is 1.18 bits per heavy atom. The molecule has 3 saturated heterocycles. The van der Waals surface area contributed by atoms with E-state index in [2.05, 4.69) is 4.18 Å². The van der Waals surface area contributed by atoms with Crippen molar-refractivity contribution in [2.45, 2.75) is 36.3 Å². The molecule has 0 amide bonds. The van der Waals surface area contributed by atoms with Crippen LogP contribution < -0.4 is 4.13 Å². The van der Waals surface area contributed by atoms with Crippen molar-refractivity contribution in [3.8, 4) is 0 Å². The Kier molecular flexibility index (Phi) is 3.28. The van der Waals surface area contributed by atoms with Crippen molar-refractivity contribution in [2.75, 3.05) is 0 Å². The molecule has 126 valence electrons. The predicted octanol–water partition coefficient (Wildman–Crippen LogP) is -1.23. The summed E-state index contributed by atoms with van der Waals surface area (Å²) in [5.74, 6) is -1.18. The molecule has 22 heavy (non-hydrogen) atoms. The van der Waals surface area contributed by atoms with Crippen LogP contribution in [-0.4, -0.2) is 52.7 Å². The summed E-state index contributed by atoms with van der Waals surface area (Å²) in [7, 11) is -11.4. The van der Waals surface area contributed by atoms with Crippen molar-refractivity contribution >= 4 is 26.3 Å². The number of sulfonamides is 1. The zero-order valence-electron chi connectivity index (χ0n) is 10.3. The zero-order chi connectivity index (χ0) is 16.5. The van der Waals surface area contributed by atoms with Gasteiger partial charge in [0.05, 0.1) is 12.0 Å². The van der Waals surface area contributed by atoms with Crippen molar-refractivity contribution in [1.82, 2.24) is 4.13 Å². The van der Waals surface area contributed by atoms with Crippen molar-refractivity contribution in [3.05, 3.63) is 0 Å². The summed E-state index contributed by atoms with van der Waals surface area (Å²) in [4.78, 5) is 11.4. The molecule has 3 heterocycles. The van der Waals surface area contributed by atoms with E-state index in [-0.39, 0.29) is 6.42 Å². The number of hydrogen-bond acceptors (Lipinski definition) is 8. The molecular weight excluding hydrogens is 359 g/mol. The smallest absolute Gasteiger partial charge is 0.456 e. The summed E-state index contributed by atoms with van der Waals surface area (Å²) in [5.41, 5.74) is -5.82. The standard InChI is InChI=1S/C8H8F3NO8S2/c9-8(10,11)21(14,15)12-22(16,17)20-5-3-1-2-4(18-3)6(5)19-7(2)13/h2-6,12H,1H2. The Hall–Kier alpha value is -0.960.